The Balaban J connectivity index is 2.84. The number of thiophene rings is 1. The third kappa shape index (κ3) is 1.23. The van der Waals surface area contributed by atoms with Gasteiger partial charge in [0.25, 0.3) is 0 Å². The summed E-state index contributed by atoms with van der Waals surface area (Å²) in [6.07, 6.45) is 0. The lowest BCUT2D eigenvalue weighted by Gasteiger charge is -1.94. The number of nitrogens with zero attached hydrogens (tertiary/aromatic N) is 1. The number of fused-ring (bicyclic) bond motifs is 1. The molecule has 64 valence electrons. The molecule has 0 aliphatic carbocycles. The molecule has 1 heterocycles. The highest BCUT2D eigenvalue weighted by Gasteiger charge is 2.05. The van der Waals surface area contributed by atoms with Crippen LogP contribution in [-0.4, -0.2) is 0 Å². The lowest BCUT2D eigenvalue weighted by molar-refractivity contribution is 0.630. The molecule has 0 unspecified atom stereocenters. The van der Waals surface area contributed by atoms with Gasteiger partial charge in [0.1, 0.15) is 16.8 Å². The van der Waals surface area contributed by atoms with Crippen molar-refractivity contribution in [2.75, 3.05) is 5.73 Å². The van der Waals surface area contributed by atoms with E-state index in [-0.39, 0.29) is 5.82 Å². The van der Waals surface area contributed by atoms with Gasteiger partial charge in [0.05, 0.1) is 10.4 Å². The number of rotatable bonds is 0. The standard InChI is InChI=1S/C9H5FN2S/c10-6-1-5-2-7(4-11)13-9(5)8(12)3-6/h1-3H,12H2. The number of hydrogen-bond acceptors (Lipinski definition) is 3. The molecular weight excluding hydrogens is 187 g/mol. The molecule has 2 nitrogen and oxygen atoms in total. The monoisotopic (exact) mass is 192 g/mol. The van der Waals surface area contributed by atoms with Crippen molar-refractivity contribution in [2.45, 2.75) is 0 Å². The van der Waals surface area contributed by atoms with Gasteiger partial charge in [-0.05, 0) is 23.6 Å². The van der Waals surface area contributed by atoms with E-state index in [2.05, 4.69) is 0 Å². The zero-order chi connectivity index (χ0) is 9.42. The van der Waals surface area contributed by atoms with Crippen LogP contribution in [0, 0.1) is 17.1 Å². The summed E-state index contributed by atoms with van der Waals surface area (Å²) in [5.41, 5.74) is 5.98. The molecule has 13 heavy (non-hydrogen) atoms. The van der Waals surface area contributed by atoms with Gasteiger partial charge in [0, 0.05) is 0 Å². The fourth-order valence-corrected chi connectivity index (χ4v) is 2.06. The Kier molecular flexibility index (Phi) is 1.67. The maximum atomic E-state index is 12.9. The van der Waals surface area contributed by atoms with Crippen molar-refractivity contribution >= 4 is 27.1 Å². The summed E-state index contributed by atoms with van der Waals surface area (Å²) < 4.78 is 13.6. The lowest BCUT2D eigenvalue weighted by Crippen LogP contribution is -1.85. The largest absolute Gasteiger partial charge is 0.397 e. The van der Waals surface area contributed by atoms with E-state index < -0.39 is 0 Å². The first-order chi connectivity index (χ1) is 6.20. The van der Waals surface area contributed by atoms with Gasteiger partial charge >= 0.3 is 0 Å². The number of anilines is 1. The van der Waals surface area contributed by atoms with Crippen molar-refractivity contribution in [2.24, 2.45) is 0 Å². The minimum atomic E-state index is -0.368. The van der Waals surface area contributed by atoms with Crippen molar-refractivity contribution in [3.05, 3.63) is 28.9 Å². The number of hydrogen-bond donors (Lipinski definition) is 1. The van der Waals surface area contributed by atoms with Crippen molar-refractivity contribution in [3.63, 3.8) is 0 Å². The van der Waals surface area contributed by atoms with Crippen molar-refractivity contribution in [1.29, 1.82) is 5.26 Å². The van der Waals surface area contributed by atoms with E-state index in [0.717, 1.165) is 4.70 Å². The van der Waals surface area contributed by atoms with Crippen LogP contribution in [0.15, 0.2) is 18.2 Å². The lowest BCUT2D eigenvalue weighted by atomic mass is 10.2. The second-order valence-electron chi connectivity index (χ2n) is 2.64. The fourth-order valence-electron chi connectivity index (χ4n) is 1.20. The van der Waals surface area contributed by atoms with Crippen LogP contribution in [0.1, 0.15) is 4.88 Å². The first-order valence-electron chi connectivity index (χ1n) is 3.59. The van der Waals surface area contributed by atoms with Gasteiger partial charge in [0.2, 0.25) is 0 Å². The molecule has 0 saturated heterocycles. The summed E-state index contributed by atoms with van der Waals surface area (Å²) in [5, 5.41) is 9.32. The quantitative estimate of drug-likeness (QED) is 0.652. The zero-order valence-corrected chi connectivity index (χ0v) is 7.36. The van der Waals surface area contributed by atoms with Gasteiger partial charge in [-0.1, -0.05) is 0 Å². The molecule has 0 saturated carbocycles. The fraction of sp³-hybridized carbons (Fsp3) is 0. The third-order valence-electron chi connectivity index (χ3n) is 1.72. The topological polar surface area (TPSA) is 49.8 Å². The van der Waals surface area contributed by atoms with Crippen LogP contribution in [0.25, 0.3) is 10.1 Å². The van der Waals surface area contributed by atoms with Gasteiger partial charge < -0.3 is 5.73 Å². The first-order valence-corrected chi connectivity index (χ1v) is 4.41. The molecule has 0 aliphatic rings. The van der Waals surface area contributed by atoms with Crippen molar-refractivity contribution < 1.29 is 4.39 Å². The minimum absolute atomic E-state index is 0.368. The average Bonchev–Trinajstić information content (AvgIpc) is 2.47. The third-order valence-corrected chi connectivity index (χ3v) is 2.82. The molecule has 0 aliphatic heterocycles. The zero-order valence-electron chi connectivity index (χ0n) is 6.54. The molecular formula is C9H5FN2S. The SMILES string of the molecule is N#Cc1cc2cc(F)cc(N)c2s1. The molecule has 2 aromatic rings. The summed E-state index contributed by atoms with van der Waals surface area (Å²) in [7, 11) is 0. The average molecular weight is 192 g/mol. The van der Waals surface area contributed by atoms with Gasteiger partial charge in [-0.3, -0.25) is 0 Å². The van der Waals surface area contributed by atoms with Crippen LogP contribution in [-0.2, 0) is 0 Å². The molecule has 1 aromatic carbocycles. The summed E-state index contributed by atoms with van der Waals surface area (Å²) in [6, 6.07) is 6.28. The Hall–Kier alpha value is -1.60. The van der Waals surface area contributed by atoms with E-state index in [1.54, 1.807) is 6.07 Å². The molecule has 1 aromatic heterocycles. The first kappa shape index (κ1) is 8.02. The molecule has 2 rings (SSSR count). The molecule has 0 radical (unpaired) electrons. The number of nitrogen functional groups attached to an aromatic ring is 1. The van der Waals surface area contributed by atoms with Crippen molar-refractivity contribution in [1.82, 2.24) is 0 Å². The number of halogens is 1. The Morgan fingerprint density at radius 2 is 2.15 bits per heavy atom. The summed E-state index contributed by atoms with van der Waals surface area (Å²) in [4.78, 5) is 0.548. The molecule has 0 spiro atoms. The molecule has 2 N–H and O–H groups in total. The Labute approximate surface area is 78.0 Å². The van der Waals surface area contributed by atoms with Gasteiger partial charge in [-0.15, -0.1) is 11.3 Å². The smallest absolute Gasteiger partial charge is 0.125 e. The van der Waals surface area contributed by atoms with Gasteiger partial charge in [-0.25, -0.2) is 4.39 Å². The van der Waals surface area contributed by atoms with Crippen LogP contribution in [0.5, 0.6) is 0 Å². The number of benzene rings is 1. The number of nitriles is 1. The highest BCUT2D eigenvalue weighted by molar-refractivity contribution is 7.20. The van der Waals surface area contributed by atoms with Crippen LogP contribution >= 0.6 is 11.3 Å². The summed E-state index contributed by atoms with van der Waals surface area (Å²) in [5.74, 6) is -0.368. The molecule has 0 amide bonds. The van der Waals surface area contributed by atoms with Crippen LogP contribution in [0.2, 0.25) is 0 Å². The maximum absolute atomic E-state index is 12.9. The second-order valence-corrected chi connectivity index (χ2v) is 3.69. The molecule has 0 atom stereocenters. The number of nitrogens with two attached hydrogens (primary N) is 1. The van der Waals surface area contributed by atoms with Crippen LogP contribution in [0.4, 0.5) is 10.1 Å². The Morgan fingerprint density at radius 1 is 1.38 bits per heavy atom. The highest BCUT2D eigenvalue weighted by Crippen LogP contribution is 2.30. The van der Waals surface area contributed by atoms with E-state index in [1.165, 1.54) is 23.5 Å². The minimum Gasteiger partial charge on any atom is -0.397 e. The second kappa shape index (κ2) is 2.71. The highest BCUT2D eigenvalue weighted by atomic mass is 32.1. The normalized spacial score (nSPS) is 10.2. The van der Waals surface area contributed by atoms with Crippen LogP contribution in [0.3, 0.4) is 0 Å². The predicted octanol–water partition coefficient (Wildman–Crippen LogP) is 2.49. The van der Waals surface area contributed by atoms with Gasteiger partial charge in [-0.2, -0.15) is 5.26 Å². The van der Waals surface area contributed by atoms with Gasteiger partial charge in [0.15, 0.2) is 0 Å². The van der Waals surface area contributed by atoms with E-state index in [9.17, 15) is 4.39 Å². The van der Waals surface area contributed by atoms with E-state index in [1.807, 2.05) is 6.07 Å². The molecule has 0 fully saturated rings. The van der Waals surface area contributed by atoms with Crippen molar-refractivity contribution in [3.8, 4) is 6.07 Å². The molecule has 4 heteroatoms. The van der Waals surface area contributed by atoms with Crippen LogP contribution < -0.4 is 5.73 Å². The predicted molar refractivity (Wildman–Crippen MR) is 50.9 cm³/mol. The van der Waals surface area contributed by atoms with E-state index in [0.29, 0.717) is 16.0 Å². The molecule has 0 bridgehead atoms. The maximum Gasteiger partial charge on any atom is 0.125 e. The summed E-state index contributed by atoms with van der Waals surface area (Å²) in [6.45, 7) is 0. The Bertz CT molecular complexity index is 510. The van der Waals surface area contributed by atoms with E-state index in [4.69, 9.17) is 11.0 Å². The summed E-state index contributed by atoms with van der Waals surface area (Å²) >= 11 is 1.28. The Morgan fingerprint density at radius 3 is 2.85 bits per heavy atom. The van der Waals surface area contributed by atoms with E-state index >= 15 is 0 Å².